The second-order valence-electron chi connectivity index (χ2n) is 4.90. The molecule has 14 heavy (non-hydrogen) atoms. The molecule has 2 nitrogen and oxygen atoms in total. The van der Waals surface area contributed by atoms with Crippen LogP contribution in [0.3, 0.4) is 0 Å². The molecule has 0 atom stereocenters. The Morgan fingerprint density at radius 1 is 1.29 bits per heavy atom. The zero-order chi connectivity index (χ0) is 10.4. The quantitative estimate of drug-likeness (QED) is 0.703. The molecule has 0 aromatic rings. The second kappa shape index (κ2) is 5.52. The van der Waals surface area contributed by atoms with Gasteiger partial charge < -0.3 is 10.5 Å². The van der Waals surface area contributed by atoms with Crippen LogP contribution in [0.4, 0.5) is 0 Å². The van der Waals surface area contributed by atoms with Crippen LogP contribution in [0.5, 0.6) is 0 Å². The molecule has 0 unspecified atom stereocenters. The van der Waals surface area contributed by atoms with E-state index < -0.39 is 0 Å². The fourth-order valence-electron chi connectivity index (χ4n) is 1.90. The monoisotopic (exact) mass is 197 g/mol. The standard InChI is InChI=1S/C12H23NO/c1-12(2)7-5-11(6-8-12)14-10-4-3-9-13/h3-4,11H,5-10,13H2,1-2H3/b4-3+. The largest absolute Gasteiger partial charge is 0.374 e. The van der Waals surface area contributed by atoms with Crippen molar-refractivity contribution >= 4 is 0 Å². The molecule has 1 fully saturated rings. The lowest BCUT2D eigenvalue weighted by atomic mass is 9.76. The Labute approximate surface area is 87.5 Å². The first-order valence-electron chi connectivity index (χ1n) is 5.61. The fourth-order valence-corrected chi connectivity index (χ4v) is 1.90. The highest BCUT2D eigenvalue weighted by molar-refractivity contribution is 4.84. The van der Waals surface area contributed by atoms with E-state index in [2.05, 4.69) is 13.8 Å². The molecule has 0 amide bonds. The van der Waals surface area contributed by atoms with E-state index in [0.29, 0.717) is 18.1 Å². The van der Waals surface area contributed by atoms with Crippen molar-refractivity contribution in [3.8, 4) is 0 Å². The maximum atomic E-state index is 5.74. The molecule has 0 radical (unpaired) electrons. The third-order valence-corrected chi connectivity index (χ3v) is 3.02. The van der Waals surface area contributed by atoms with Gasteiger partial charge in [-0.1, -0.05) is 26.0 Å². The Kier molecular flexibility index (Phi) is 4.63. The SMILES string of the molecule is CC1(C)CCC(OC/C=C/CN)CC1. The average molecular weight is 197 g/mol. The Bertz CT molecular complexity index is 177. The van der Waals surface area contributed by atoms with Gasteiger partial charge in [-0.05, 0) is 31.1 Å². The molecule has 2 N–H and O–H groups in total. The second-order valence-corrected chi connectivity index (χ2v) is 4.90. The van der Waals surface area contributed by atoms with E-state index in [1.165, 1.54) is 25.7 Å². The molecule has 1 aliphatic carbocycles. The number of nitrogens with two attached hydrogens (primary N) is 1. The van der Waals surface area contributed by atoms with Crippen molar-refractivity contribution in [2.45, 2.75) is 45.6 Å². The van der Waals surface area contributed by atoms with Crippen LogP contribution in [0.15, 0.2) is 12.2 Å². The summed E-state index contributed by atoms with van der Waals surface area (Å²) >= 11 is 0. The van der Waals surface area contributed by atoms with E-state index >= 15 is 0 Å². The van der Waals surface area contributed by atoms with Crippen LogP contribution in [-0.4, -0.2) is 19.3 Å². The molecule has 82 valence electrons. The van der Waals surface area contributed by atoms with Gasteiger partial charge in [-0.3, -0.25) is 0 Å². The Balaban J connectivity index is 2.13. The Morgan fingerprint density at radius 2 is 1.93 bits per heavy atom. The van der Waals surface area contributed by atoms with Crippen LogP contribution in [0.1, 0.15) is 39.5 Å². The summed E-state index contributed by atoms with van der Waals surface area (Å²) in [6, 6.07) is 0. The van der Waals surface area contributed by atoms with Gasteiger partial charge in [-0.25, -0.2) is 0 Å². The summed E-state index contributed by atoms with van der Waals surface area (Å²) in [6.45, 7) is 6.03. The normalized spacial score (nSPS) is 23.1. The maximum absolute atomic E-state index is 5.74. The molecule has 1 saturated carbocycles. The van der Waals surface area contributed by atoms with Gasteiger partial charge in [0, 0.05) is 6.54 Å². The third-order valence-electron chi connectivity index (χ3n) is 3.02. The van der Waals surface area contributed by atoms with Gasteiger partial charge in [0.15, 0.2) is 0 Å². The van der Waals surface area contributed by atoms with Crippen LogP contribution < -0.4 is 5.73 Å². The van der Waals surface area contributed by atoms with Gasteiger partial charge in [0.2, 0.25) is 0 Å². The molecule has 0 heterocycles. The van der Waals surface area contributed by atoms with E-state index in [4.69, 9.17) is 10.5 Å². The van der Waals surface area contributed by atoms with Gasteiger partial charge in [0.25, 0.3) is 0 Å². The van der Waals surface area contributed by atoms with E-state index in [0.717, 1.165) is 6.61 Å². The van der Waals surface area contributed by atoms with Crippen molar-refractivity contribution in [3.05, 3.63) is 12.2 Å². The summed E-state index contributed by atoms with van der Waals surface area (Å²) in [4.78, 5) is 0. The highest BCUT2D eigenvalue weighted by atomic mass is 16.5. The number of ether oxygens (including phenoxy) is 1. The van der Waals surface area contributed by atoms with Crippen molar-refractivity contribution in [1.29, 1.82) is 0 Å². The fraction of sp³-hybridized carbons (Fsp3) is 0.833. The van der Waals surface area contributed by atoms with Crippen molar-refractivity contribution in [3.63, 3.8) is 0 Å². The molecular formula is C12H23NO. The molecule has 1 aliphatic rings. The van der Waals surface area contributed by atoms with Crippen LogP contribution in [0.2, 0.25) is 0 Å². The predicted molar refractivity (Wildman–Crippen MR) is 60.2 cm³/mol. The van der Waals surface area contributed by atoms with Crippen molar-refractivity contribution in [2.75, 3.05) is 13.2 Å². The molecular weight excluding hydrogens is 174 g/mol. The first kappa shape index (κ1) is 11.7. The molecule has 0 bridgehead atoms. The third kappa shape index (κ3) is 4.25. The molecule has 0 spiro atoms. The minimum atomic E-state index is 0.477. The van der Waals surface area contributed by atoms with Crippen LogP contribution in [0.25, 0.3) is 0 Å². The van der Waals surface area contributed by atoms with E-state index in [1.54, 1.807) is 0 Å². The highest BCUT2D eigenvalue weighted by Gasteiger charge is 2.26. The zero-order valence-corrected chi connectivity index (χ0v) is 9.46. The summed E-state index contributed by atoms with van der Waals surface area (Å²) in [5.74, 6) is 0. The molecule has 0 aromatic carbocycles. The lowest BCUT2D eigenvalue weighted by molar-refractivity contribution is 0.0188. The Morgan fingerprint density at radius 3 is 2.50 bits per heavy atom. The summed E-state index contributed by atoms with van der Waals surface area (Å²) in [5.41, 5.74) is 5.88. The van der Waals surface area contributed by atoms with Crippen molar-refractivity contribution < 1.29 is 4.74 Å². The van der Waals surface area contributed by atoms with Crippen molar-refractivity contribution in [2.24, 2.45) is 11.1 Å². The Hall–Kier alpha value is -0.340. The maximum Gasteiger partial charge on any atom is 0.0651 e. The molecule has 0 saturated heterocycles. The predicted octanol–water partition coefficient (Wildman–Crippen LogP) is 2.49. The van der Waals surface area contributed by atoms with Crippen LogP contribution in [-0.2, 0) is 4.74 Å². The summed E-state index contributed by atoms with van der Waals surface area (Å²) in [6.07, 6.45) is 9.45. The lowest BCUT2D eigenvalue weighted by Gasteiger charge is -2.33. The van der Waals surface area contributed by atoms with Gasteiger partial charge in [-0.15, -0.1) is 0 Å². The minimum absolute atomic E-state index is 0.477. The smallest absolute Gasteiger partial charge is 0.0651 e. The first-order valence-corrected chi connectivity index (χ1v) is 5.61. The van der Waals surface area contributed by atoms with Crippen LogP contribution >= 0.6 is 0 Å². The highest BCUT2D eigenvalue weighted by Crippen LogP contribution is 2.35. The van der Waals surface area contributed by atoms with Gasteiger partial charge >= 0.3 is 0 Å². The topological polar surface area (TPSA) is 35.2 Å². The number of rotatable bonds is 4. The molecule has 0 aliphatic heterocycles. The van der Waals surface area contributed by atoms with Gasteiger partial charge in [-0.2, -0.15) is 0 Å². The number of hydrogen-bond acceptors (Lipinski definition) is 2. The van der Waals surface area contributed by atoms with Gasteiger partial charge in [0.05, 0.1) is 12.7 Å². The minimum Gasteiger partial charge on any atom is -0.374 e. The van der Waals surface area contributed by atoms with E-state index in [-0.39, 0.29) is 0 Å². The zero-order valence-electron chi connectivity index (χ0n) is 9.46. The lowest BCUT2D eigenvalue weighted by Crippen LogP contribution is -2.26. The molecule has 2 heteroatoms. The first-order chi connectivity index (χ1) is 6.64. The summed E-state index contributed by atoms with van der Waals surface area (Å²) in [5, 5.41) is 0. The van der Waals surface area contributed by atoms with E-state index in [9.17, 15) is 0 Å². The number of hydrogen-bond donors (Lipinski definition) is 1. The van der Waals surface area contributed by atoms with Gasteiger partial charge in [0.1, 0.15) is 0 Å². The van der Waals surface area contributed by atoms with Crippen LogP contribution in [0, 0.1) is 5.41 Å². The summed E-state index contributed by atoms with van der Waals surface area (Å²) < 4.78 is 5.74. The van der Waals surface area contributed by atoms with E-state index in [1.807, 2.05) is 12.2 Å². The average Bonchev–Trinajstić information content (AvgIpc) is 2.15. The molecule has 1 rings (SSSR count). The van der Waals surface area contributed by atoms with Crippen molar-refractivity contribution in [1.82, 2.24) is 0 Å². The summed E-state index contributed by atoms with van der Waals surface area (Å²) in [7, 11) is 0. The molecule has 0 aromatic heterocycles.